The van der Waals surface area contributed by atoms with Gasteiger partial charge in [0.2, 0.25) is 17.7 Å². The third kappa shape index (κ3) is 2.60. The molecule has 0 aliphatic carbocycles. The van der Waals surface area contributed by atoms with Gasteiger partial charge in [-0.3, -0.25) is 14.4 Å². The van der Waals surface area contributed by atoms with E-state index in [-0.39, 0.29) is 24.3 Å². The molecule has 164 valence electrons. The van der Waals surface area contributed by atoms with Crippen LogP contribution in [0.15, 0.2) is 54.6 Å². The highest BCUT2D eigenvalue weighted by atomic mass is 16.5. The Hall–Kier alpha value is -3.19. The summed E-state index contributed by atoms with van der Waals surface area (Å²) in [4.78, 5) is 43.9. The first-order valence-electron chi connectivity index (χ1n) is 11.3. The lowest BCUT2D eigenvalue weighted by Gasteiger charge is -2.42. The average Bonchev–Trinajstić information content (AvgIpc) is 3.50. The number of hydrogen-bond acceptors (Lipinski definition) is 4. The molecular weight excluding hydrogens is 406 g/mol. The van der Waals surface area contributed by atoms with Crippen molar-refractivity contribution in [2.45, 2.75) is 49.4 Å². The Morgan fingerprint density at radius 2 is 1.75 bits per heavy atom. The largest absolute Gasteiger partial charge is 0.375 e. The smallest absolute Gasteiger partial charge is 0.246 e. The molecule has 0 aromatic heterocycles. The van der Waals surface area contributed by atoms with E-state index in [1.165, 1.54) is 0 Å². The number of fused-ring (bicyclic) bond motifs is 4. The number of benzene rings is 2. The predicted octanol–water partition coefficient (Wildman–Crippen LogP) is 2.07. The lowest BCUT2D eigenvalue weighted by molar-refractivity contribution is -0.160. The van der Waals surface area contributed by atoms with Crippen molar-refractivity contribution in [2.24, 2.45) is 0 Å². The molecule has 3 fully saturated rings. The third-order valence-corrected chi connectivity index (χ3v) is 7.56. The van der Waals surface area contributed by atoms with Crippen molar-refractivity contribution in [3.05, 3.63) is 65.7 Å². The van der Waals surface area contributed by atoms with E-state index in [2.05, 4.69) is 5.32 Å². The number of para-hydroxylation sites is 1. The van der Waals surface area contributed by atoms with Gasteiger partial charge in [0, 0.05) is 12.2 Å². The molecule has 4 aliphatic heterocycles. The second-order valence-electron chi connectivity index (χ2n) is 9.14. The lowest BCUT2D eigenvalue weighted by atomic mass is 9.74. The minimum atomic E-state index is -0.983. The zero-order valence-corrected chi connectivity index (χ0v) is 17.7. The van der Waals surface area contributed by atoms with Crippen molar-refractivity contribution in [3.8, 4) is 0 Å². The van der Waals surface area contributed by atoms with Crippen molar-refractivity contribution in [2.75, 3.05) is 18.5 Å². The first kappa shape index (κ1) is 19.5. The second-order valence-corrected chi connectivity index (χ2v) is 9.14. The van der Waals surface area contributed by atoms with Crippen molar-refractivity contribution < 1.29 is 19.1 Å². The number of piperazine rings is 1. The molecule has 2 aromatic carbocycles. The van der Waals surface area contributed by atoms with Gasteiger partial charge in [-0.2, -0.15) is 0 Å². The van der Waals surface area contributed by atoms with E-state index < -0.39 is 23.5 Å². The molecule has 0 saturated carbocycles. The van der Waals surface area contributed by atoms with Crippen LogP contribution in [0, 0.1) is 0 Å². The van der Waals surface area contributed by atoms with E-state index >= 15 is 0 Å². The summed E-state index contributed by atoms with van der Waals surface area (Å²) in [5.74, 6) is -0.231. The molecule has 6 rings (SSSR count). The number of carbonyl (C=O) groups is 3. The van der Waals surface area contributed by atoms with Gasteiger partial charge in [-0.1, -0.05) is 48.5 Å². The van der Waals surface area contributed by atoms with Gasteiger partial charge in [-0.25, -0.2) is 0 Å². The summed E-state index contributed by atoms with van der Waals surface area (Å²) in [6.45, 7) is 1.19. The highest BCUT2D eigenvalue weighted by Crippen LogP contribution is 2.52. The van der Waals surface area contributed by atoms with Crippen LogP contribution in [0.5, 0.6) is 0 Å². The van der Waals surface area contributed by atoms with Crippen molar-refractivity contribution in [1.82, 2.24) is 9.80 Å². The van der Waals surface area contributed by atoms with Crippen LogP contribution in [-0.2, 0) is 31.1 Å². The Kier molecular flexibility index (Phi) is 4.37. The monoisotopic (exact) mass is 431 g/mol. The quantitative estimate of drug-likeness (QED) is 0.804. The predicted molar refractivity (Wildman–Crippen MR) is 117 cm³/mol. The summed E-state index contributed by atoms with van der Waals surface area (Å²) in [5, 5.41) is 3.00. The van der Waals surface area contributed by atoms with Crippen LogP contribution in [0.3, 0.4) is 0 Å². The maximum Gasteiger partial charge on any atom is 0.246 e. The topological polar surface area (TPSA) is 79.0 Å². The molecule has 4 heterocycles. The van der Waals surface area contributed by atoms with Crippen LogP contribution < -0.4 is 5.32 Å². The molecule has 0 bridgehead atoms. The van der Waals surface area contributed by atoms with Gasteiger partial charge in [0.05, 0.1) is 19.3 Å². The SMILES string of the molecule is O=C1[C@@H]2C[C@]3(C(=O)Nc4ccccc43)[C@H](COCc3ccccc3)N2C(=O)[C@@H]2CCCN12. The van der Waals surface area contributed by atoms with E-state index in [9.17, 15) is 14.4 Å². The van der Waals surface area contributed by atoms with Gasteiger partial charge in [0.15, 0.2) is 0 Å². The Morgan fingerprint density at radius 3 is 2.59 bits per heavy atom. The van der Waals surface area contributed by atoms with E-state index in [4.69, 9.17) is 4.74 Å². The number of carbonyl (C=O) groups excluding carboxylic acids is 3. The first-order chi connectivity index (χ1) is 15.6. The Morgan fingerprint density at radius 1 is 0.969 bits per heavy atom. The number of hydrogen-bond donors (Lipinski definition) is 1. The van der Waals surface area contributed by atoms with Gasteiger partial charge in [0.25, 0.3) is 0 Å². The van der Waals surface area contributed by atoms with Crippen LogP contribution in [0.2, 0.25) is 0 Å². The minimum Gasteiger partial charge on any atom is -0.375 e. The normalized spacial score (nSPS) is 30.5. The number of amides is 3. The number of nitrogens with one attached hydrogen (secondary N) is 1. The van der Waals surface area contributed by atoms with Crippen molar-refractivity contribution in [3.63, 3.8) is 0 Å². The molecule has 32 heavy (non-hydrogen) atoms. The molecule has 3 saturated heterocycles. The van der Waals surface area contributed by atoms with Crippen LogP contribution in [0.25, 0.3) is 0 Å². The summed E-state index contributed by atoms with van der Waals surface area (Å²) in [7, 11) is 0. The van der Waals surface area contributed by atoms with Crippen LogP contribution in [-0.4, -0.2) is 58.8 Å². The number of anilines is 1. The van der Waals surface area contributed by atoms with Crippen LogP contribution in [0.4, 0.5) is 5.69 Å². The Balaban J connectivity index is 1.39. The fourth-order valence-electron chi connectivity index (χ4n) is 6.11. The maximum absolute atomic E-state index is 13.6. The third-order valence-electron chi connectivity index (χ3n) is 7.56. The molecule has 7 nitrogen and oxygen atoms in total. The fourth-order valence-corrected chi connectivity index (χ4v) is 6.11. The van der Waals surface area contributed by atoms with Crippen molar-refractivity contribution >= 4 is 23.4 Å². The molecule has 0 radical (unpaired) electrons. The van der Waals surface area contributed by atoms with Gasteiger partial charge in [-0.05, 0) is 36.5 Å². The average molecular weight is 431 g/mol. The molecule has 7 heteroatoms. The highest BCUT2D eigenvalue weighted by molar-refractivity contribution is 6.09. The zero-order valence-electron chi connectivity index (χ0n) is 17.7. The minimum absolute atomic E-state index is 0.0331. The summed E-state index contributed by atoms with van der Waals surface area (Å²) < 4.78 is 6.10. The van der Waals surface area contributed by atoms with Gasteiger partial charge in [-0.15, -0.1) is 0 Å². The van der Waals surface area contributed by atoms with Gasteiger partial charge in [0.1, 0.15) is 17.5 Å². The number of nitrogens with zero attached hydrogens (tertiary/aromatic N) is 2. The van der Waals surface area contributed by atoms with Crippen molar-refractivity contribution in [1.29, 1.82) is 0 Å². The zero-order chi connectivity index (χ0) is 21.9. The molecule has 3 amide bonds. The summed E-state index contributed by atoms with van der Waals surface area (Å²) in [5.41, 5.74) is 1.65. The first-order valence-corrected chi connectivity index (χ1v) is 11.3. The standard InChI is InChI=1S/C25H25N3O4/c29-22-20-13-25(17-9-4-5-10-18(17)26-24(25)31)21(15-32-14-16-7-2-1-3-8-16)28(20)23(30)19-11-6-12-27(19)22/h1-5,7-10,19-21H,6,11-15H2,(H,26,31)/t19-,20-,21-,25+/m0/s1. The molecule has 1 spiro atoms. The number of ether oxygens (including phenoxy) is 1. The Bertz CT molecular complexity index is 1100. The number of rotatable bonds is 4. The highest BCUT2D eigenvalue weighted by Gasteiger charge is 2.66. The molecular formula is C25H25N3O4. The van der Waals surface area contributed by atoms with E-state index in [1.807, 2.05) is 54.6 Å². The van der Waals surface area contributed by atoms with E-state index in [0.29, 0.717) is 26.0 Å². The molecule has 0 unspecified atom stereocenters. The summed E-state index contributed by atoms with van der Waals surface area (Å²) >= 11 is 0. The molecule has 4 atom stereocenters. The molecule has 2 aromatic rings. The maximum atomic E-state index is 13.6. The van der Waals surface area contributed by atoms with Gasteiger partial charge < -0.3 is 19.9 Å². The summed E-state index contributed by atoms with van der Waals surface area (Å²) in [6, 6.07) is 15.9. The van der Waals surface area contributed by atoms with E-state index in [0.717, 1.165) is 23.2 Å². The van der Waals surface area contributed by atoms with Crippen LogP contribution in [0.1, 0.15) is 30.4 Å². The lowest BCUT2D eigenvalue weighted by Crippen LogP contribution is -2.63. The van der Waals surface area contributed by atoms with E-state index in [1.54, 1.807) is 9.80 Å². The fraction of sp³-hybridized carbons (Fsp3) is 0.400. The second kappa shape index (κ2) is 7.17. The van der Waals surface area contributed by atoms with Crippen LogP contribution >= 0.6 is 0 Å². The molecule has 1 N–H and O–H groups in total. The van der Waals surface area contributed by atoms with Gasteiger partial charge >= 0.3 is 0 Å². The molecule has 4 aliphatic rings. The summed E-state index contributed by atoms with van der Waals surface area (Å²) in [6.07, 6.45) is 1.82. The Labute approximate surface area is 186 Å².